The van der Waals surface area contributed by atoms with Gasteiger partial charge < -0.3 is 14.8 Å². The van der Waals surface area contributed by atoms with E-state index in [1.807, 2.05) is 0 Å². The van der Waals surface area contributed by atoms with E-state index in [-0.39, 0.29) is 31.6 Å². The highest BCUT2D eigenvalue weighted by molar-refractivity contribution is 7.88. The van der Waals surface area contributed by atoms with E-state index < -0.39 is 10.0 Å². The number of hydrogen-bond acceptors (Lipinski definition) is 5. The Morgan fingerprint density at radius 3 is 2.26 bits per heavy atom. The Morgan fingerprint density at radius 1 is 1.11 bits per heavy atom. The first-order valence-corrected chi connectivity index (χ1v) is 11.2. The molecular formula is C19H30N2O5S. The molecule has 0 saturated heterocycles. The van der Waals surface area contributed by atoms with Crippen LogP contribution < -0.4 is 14.8 Å². The Bertz CT molecular complexity index is 683. The smallest absolute Gasteiger partial charge is 0.235 e. The normalized spacial score (nSPS) is 16.0. The molecule has 0 bridgehead atoms. The molecule has 1 aromatic rings. The average Bonchev–Trinajstić information content (AvgIpc) is 2.89. The van der Waals surface area contributed by atoms with E-state index in [2.05, 4.69) is 5.32 Å². The van der Waals surface area contributed by atoms with Crippen molar-refractivity contribution in [3.8, 4) is 11.5 Å². The molecular weight excluding hydrogens is 368 g/mol. The van der Waals surface area contributed by atoms with Gasteiger partial charge in [0.25, 0.3) is 0 Å². The van der Waals surface area contributed by atoms with Gasteiger partial charge in [-0.05, 0) is 37.1 Å². The van der Waals surface area contributed by atoms with Crippen molar-refractivity contribution in [2.24, 2.45) is 0 Å². The van der Waals surface area contributed by atoms with Gasteiger partial charge in [-0.1, -0.05) is 25.7 Å². The number of rotatable bonds is 9. The molecule has 0 radical (unpaired) electrons. The molecule has 0 spiro atoms. The van der Waals surface area contributed by atoms with Gasteiger partial charge in [-0.15, -0.1) is 0 Å². The fraction of sp³-hybridized carbons (Fsp3) is 0.632. The highest BCUT2D eigenvalue weighted by atomic mass is 32.2. The molecule has 0 aliphatic heterocycles. The van der Waals surface area contributed by atoms with Crippen molar-refractivity contribution in [3.05, 3.63) is 24.3 Å². The van der Waals surface area contributed by atoms with Gasteiger partial charge in [0.05, 0.1) is 19.9 Å². The van der Waals surface area contributed by atoms with Crippen molar-refractivity contribution >= 4 is 15.9 Å². The number of hydrogen-bond donors (Lipinski definition) is 1. The summed E-state index contributed by atoms with van der Waals surface area (Å²) < 4.78 is 35.9. The van der Waals surface area contributed by atoms with Crippen molar-refractivity contribution in [2.45, 2.75) is 44.6 Å². The molecule has 1 N–H and O–H groups in total. The topological polar surface area (TPSA) is 84.9 Å². The second kappa shape index (κ2) is 10.5. The summed E-state index contributed by atoms with van der Waals surface area (Å²) in [6.45, 7) is 0.0976. The molecule has 0 unspecified atom stereocenters. The lowest BCUT2D eigenvalue weighted by molar-refractivity contribution is -0.122. The Kier molecular flexibility index (Phi) is 8.37. The fourth-order valence-corrected chi connectivity index (χ4v) is 3.91. The van der Waals surface area contributed by atoms with Crippen LogP contribution in [0.3, 0.4) is 0 Å². The Balaban J connectivity index is 1.83. The van der Waals surface area contributed by atoms with Crippen molar-refractivity contribution < 1.29 is 22.7 Å². The molecule has 1 fully saturated rings. The highest BCUT2D eigenvalue weighted by Gasteiger charge is 2.22. The Hall–Kier alpha value is -1.80. The van der Waals surface area contributed by atoms with Crippen molar-refractivity contribution in [3.63, 3.8) is 0 Å². The number of amides is 1. The minimum absolute atomic E-state index is 0.114. The van der Waals surface area contributed by atoms with Crippen LogP contribution in [0.15, 0.2) is 24.3 Å². The lowest BCUT2D eigenvalue weighted by Gasteiger charge is -2.22. The maximum Gasteiger partial charge on any atom is 0.235 e. The summed E-state index contributed by atoms with van der Waals surface area (Å²) in [5, 5.41) is 2.98. The summed E-state index contributed by atoms with van der Waals surface area (Å²) in [6.07, 6.45) is 7.65. The van der Waals surface area contributed by atoms with Gasteiger partial charge in [0.15, 0.2) is 0 Å². The number of carbonyl (C=O) groups excluding carboxylic acids is 1. The summed E-state index contributed by atoms with van der Waals surface area (Å²) in [6, 6.07) is 7.19. The molecule has 1 aliphatic carbocycles. The summed E-state index contributed by atoms with van der Waals surface area (Å²) in [4.78, 5) is 12.3. The van der Waals surface area contributed by atoms with Gasteiger partial charge in [0.2, 0.25) is 15.9 Å². The van der Waals surface area contributed by atoms with Crippen molar-refractivity contribution in [2.75, 3.05) is 33.1 Å². The molecule has 8 heteroatoms. The van der Waals surface area contributed by atoms with E-state index in [0.29, 0.717) is 5.75 Å². The first kappa shape index (κ1) is 21.5. The highest BCUT2D eigenvalue weighted by Crippen LogP contribution is 2.18. The Labute approximate surface area is 162 Å². The first-order valence-electron chi connectivity index (χ1n) is 9.40. The van der Waals surface area contributed by atoms with Crippen LogP contribution in [0.2, 0.25) is 0 Å². The van der Waals surface area contributed by atoms with Gasteiger partial charge in [0.1, 0.15) is 18.1 Å². The van der Waals surface area contributed by atoms with Crippen LogP contribution >= 0.6 is 0 Å². The van der Waals surface area contributed by atoms with Crippen molar-refractivity contribution in [1.29, 1.82) is 0 Å². The number of sulfonamides is 1. The maximum atomic E-state index is 12.3. The maximum absolute atomic E-state index is 12.3. The lowest BCUT2D eigenvalue weighted by atomic mass is 10.1. The number of ether oxygens (including phenoxy) is 2. The molecule has 0 aromatic heterocycles. The summed E-state index contributed by atoms with van der Waals surface area (Å²) in [7, 11) is -1.92. The SMILES string of the molecule is COc1ccc(OCCN(CC(=O)NC2CCCCCC2)S(C)(=O)=O)cc1. The molecule has 1 aliphatic rings. The van der Waals surface area contributed by atoms with Crippen LogP contribution in [0.1, 0.15) is 38.5 Å². The number of carbonyl (C=O) groups is 1. The summed E-state index contributed by atoms with van der Waals surface area (Å²) in [5.74, 6) is 1.08. The average molecular weight is 399 g/mol. The van der Waals surface area contributed by atoms with Crippen molar-refractivity contribution in [1.82, 2.24) is 9.62 Å². The van der Waals surface area contributed by atoms with Crippen LogP contribution in [0.4, 0.5) is 0 Å². The van der Waals surface area contributed by atoms with E-state index in [9.17, 15) is 13.2 Å². The van der Waals surface area contributed by atoms with E-state index in [0.717, 1.165) is 42.0 Å². The van der Waals surface area contributed by atoms with E-state index >= 15 is 0 Å². The fourth-order valence-electron chi connectivity index (χ4n) is 3.16. The Morgan fingerprint density at radius 2 is 1.70 bits per heavy atom. The van der Waals surface area contributed by atoms with Crippen LogP contribution in [-0.2, 0) is 14.8 Å². The molecule has 2 rings (SSSR count). The lowest BCUT2D eigenvalue weighted by Crippen LogP contribution is -2.45. The predicted molar refractivity (Wildman–Crippen MR) is 105 cm³/mol. The molecule has 27 heavy (non-hydrogen) atoms. The van der Waals surface area contributed by atoms with Gasteiger partial charge in [-0.2, -0.15) is 4.31 Å². The number of nitrogens with zero attached hydrogens (tertiary/aromatic N) is 1. The largest absolute Gasteiger partial charge is 0.497 e. The zero-order valence-corrected chi connectivity index (χ0v) is 17.0. The van der Waals surface area contributed by atoms with E-state index in [1.54, 1.807) is 31.4 Å². The number of nitrogens with one attached hydrogen (secondary N) is 1. The molecule has 1 aromatic carbocycles. The van der Waals surface area contributed by atoms with Crippen LogP contribution in [0.25, 0.3) is 0 Å². The molecule has 7 nitrogen and oxygen atoms in total. The number of methoxy groups -OCH3 is 1. The second-order valence-corrected chi connectivity index (χ2v) is 8.86. The second-order valence-electron chi connectivity index (χ2n) is 6.88. The zero-order valence-electron chi connectivity index (χ0n) is 16.1. The monoisotopic (exact) mass is 398 g/mol. The van der Waals surface area contributed by atoms with E-state index in [1.165, 1.54) is 12.8 Å². The third kappa shape index (κ3) is 7.76. The molecule has 0 heterocycles. The van der Waals surface area contributed by atoms with Crippen LogP contribution in [-0.4, -0.2) is 57.7 Å². The van der Waals surface area contributed by atoms with Gasteiger partial charge >= 0.3 is 0 Å². The summed E-state index contributed by atoms with van der Waals surface area (Å²) in [5.41, 5.74) is 0. The minimum Gasteiger partial charge on any atom is -0.497 e. The van der Waals surface area contributed by atoms with Crippen LogP contribution in [0.5, 0.6) is 11.5 Å². The van der Waals surface area contributed by atoms with Crippen LogP contribution in [0, 0.1) is 0 Å². The molecule has 1 saturated carbocycles. The predicted octanol–water partition coefficient (Wildman–Crippen LogP) is 2.17. The van der Waals surface area contributed by atoms with Gasteiger partial charge in [0, 0.05) is 12.6 Å². The standard InChI is InChI=1S/C19H30N2O5S/c1-25-17-9-11-18(12-10-17)26-14-13-21(27(2,23)24)15-19(22)20-16-7-5-3-4-6-8-16/h9-12,16H,3-8,13-15H2,1-2H3,(H,20,22). The quantitative estimate of drug-likeness (QED) is 0.645. The van der Waals surface area contributed by atoms with E-state index in [4.69, 9.17) is 9.47 Å². The van der Waals surface area contributed by atoms with Gasteiger partial charge in [-0.25, -0.2) is 8.42 Å². The minimum atomic E-state index is -3.50. The van der Waals surface area contributed by atoms with Gasteiger partial charge in [-0.3, -0.25) is 4.79 Å². The third-order valence-corrected chi connectivity index (χ3v) is 5.93. The molecule has 152 valence electrons. The zero-order chi connectivity index (χ0) is 19.7. The number of benzene rings is 1. The third-order valence-electron chi connectivity index (χ3n) is 4.68. The summed E-state index contributed by atoms with van der Waals surface area (Å²) >= 11 is 0. The molecule has 1 amide bonds. The molecule has 0 atom stereocenters. The first-order chi connectivity index (χ1) is 12.9.